The number of carbonyl (C=O) groups is 1. The number of hydrogen-bond acceptors (Lipinski definition) is 2. The summed E-state index contributed by atoms with van der Waals surface area (Å²) in [6, 6.07) is 1.86. The molecule has 0 saturated heterocycles. The van der Waals surface area contributed by atoms with Crippen molar-refractivity contribution >= 4 is 11.6 Å². The summed E-state index contributed by atoms with van der Waals surface area (Å²) in [4.78, 5) is 11.7. The second kappa shape index (κ2) is 6.01. The fraction of sp³-hybridized carbons (Fsp3) is 0.500. The van der Waals surface area contributed by atoms with Crippen LogP contribution >= 0.6 is 0 Å². The van der Waals surface area contributed by atoms with Gasteiger partial charge in [-0.15, -0.1) is 0 Å². The minimum absolute atomic E-state index is 0.0395. The first-order valence-electron chi connectivity index (χ1n) is 6.33. The zero-order valence-electron chi connectivity index (χ0n) is 12.0. The van der Waals surface area contributed by atoms with Gasteiger partial charge < -0.3 is 11.1 Å². The summed E-state index contributed by atoms with van der Waals surface area (Å²) < 4.78 is 50.8. The molecule has 21 heavy (non-hydrogen) atoms. The first-order valence-corrected chi connectivity index (χ1v) is 6.33. The van der Waals surface area contributed by atoms with E-state index in [0.29, 0.717) is 12.1 Å². The first-order chi connectivity index (χ1) is 9.41. The highest BCUT2D eigenvalue weighted by molar-refractivity contribution is 5.91. The minimum Gasteiger partial charge on any atom is -0.327 e. The van der Waals surface area contributed by atoms with E-state index in [-0.39, 0.29) is 17.5 Å². The summed E-state index contributed by atoms with van der Waals surface area (Å²) >= 11 is 0. The zero-order valence-corrected chi connectivity index (χ0v) is 12.0. The van der Waals surface area contributed by atoms with Crippen LogP contribution in [0.1, 0.15) is 32.8 Å². The second-order valence-electron chi connectivity index (χ2n) is 5.92. The molecule has 0 aliphatic rings. The van der Waals surface area contributed by atoms with Gasteiger partial charge in [0.1, 0.15) is 5.82 Å². The predicted molar refractivity (Wildman–Crippen MR) is 72.1 cm³/mol. The molecule has 1 aromatic carbocycles. The van der Waals surface area contributed by atoms with Gasteiger partial charge in [0, 0.05) is 18.2 Å². The number of benzene rings is 1. The van der Waals surface area contributed by atoms with Gasteiger partial charge in [-0.3, -0.25) is 4.79 Å². The van der Waals surface area contributed by atoms with E-state index in [4.69, 9.17) is 5.73 Å². The third-order valence-electron chi connectivity index (χ3n) is 3.07. The molecule has 0 saturated carbocycles. The Kier molecular flexibility index (Phi) is 4.99. The molecule has 0 fully saturated rings. The van der Waals surface area contributed by atoms with Crippen LogP contribution in [0.2, 0.25) is 0 Å². The van der Waals surface area contributed by atoms with Gasteiger partial charge in [-0.1, -0.05) is 20.8 Å². The van der Waals surface area contributed by atoms with E-state index in [2.05, 4.69) is 5.32 Å². The Morgan fingerprint density at radius 2 is 1.86 bits per heavy atom. The van der Waals surface area contributed by atoms with Crippen molar-refractivity contribution in [3.63, 3.8) is 0 Å². The number of carbonyl (C=O) groups excluding carboxylic acids is 1. The van der Waals surface area contributed by atoms with Crippen molar-refractivity contribution < 1.29 is 22.4 Å². The average Bonchev–Trinajstić information content (AvgIpc) is 2.28. The van der Waals surface area contributed by atoms with Gasteiger partial charge in [0.25, 0.3) is 0 Å². The number of alkyl halides is 3. The standard InChI is InChI=1S/C14H18F4N2O/c1-13(2,3)11(19)7-12(21)20-8-4-5-10(15)9(6-8)14(16,17)18/h4-6,11H,7,19H2,1-3H3,(H,20,21). The molecule has 3 N–H and O–H groups in total. The Morgan fingerprint density at radius 3 is 2.33 bits per heavy atom. The molecule has 0 bridgehead atoms. The van der Waals surface area contributed by atoms with E-state index < -0.39 is 29.5 Å². The van der Waals surface area contributed by atoms with Gasteiger partial charge in [-0.25, -0.2) is 4.39 Å². The van der Waals surface area contributed by atoms with E-state index in [0.717, 1.165) is 6.07 Å². The molecule has 7 heteroatoms. The molecule has 118 valence electrons. The van der Waals surface area contributed by atoms with Crippen molar-refractivity contribution in [2.75, 3.05) is 5.32 Å². The van der Waals surface area contributed by atoms with Crippen molar-refractivity contribution in [1.82, 2.24) is 0 Å². The third kappa shape index (κ3) is 5.00. The Balaban J connectivity index is 2.83. The highest BCUT2D eigenvalue weighted by Crippen LogP contribution is 2.33. The number of halogens is 4. The van der Waals surface area contributed by atoms with E-state index in [9.17, 15) is 22.4 Å². The van der Waals surface area contributed by atoms with Crippen molar-refractivity contribution in [3.05, 3.63) is 29.6 Å². The lowest BCUT2D eigenvalue weighted by atomic mass is 9.85. The summed E-state index contributed by atoms with van der Waals surface area (Å²) in [6.45, 7) is 5.56. The number of anilines is 1. The quantitative estimate of drug-likeness (QED) is 0.839. The lowest BCUT2D eigenvalue weighted by Gasteiger charge is -2.26. The number of nitrogens with one attached hydrogen (secondary N) is 1. The van der Waals surface area contributed by atoms with E-state index >= 15 is 0 Å². The molecule has 1 unspecified atom stereocenters. The second-order valence-corrected chi connectivity index (χ2v) is 5.92. The Bertz CT molecular complexity index is 521. The number of amides is 1. The lowest BCUT2D eigenvalue weighted by molar-refractivity contribution is -0.140. The smallest absolute Gasteiger partial charge is 0.327 e. The first kappa shape index (κ1) is 17.4. The summed E-state index contributed by atoms with van der Waals surface area (Å²) in [5.74, 6) is -1.90. The number of nitrogens with two attached hydrogens (primary N) is 1. The van der Waals surface area contributed by atoms with Crippen LogP contribution in [-0.4, -0.2) is 11.9 Å². The van der Waals surface area contributed by atoms with E-state index in [1.807, 2.05) is 20.8 Å². The number of hydrogen-bond donors (Lipinski definition) is 2. The van der Waals surface area contributed by atoms with Gasteiger partial charge in [-0.05, 0) is 23.6 Å². The third-order valence-corrected chi connectivity index (χ3v) is 3.07. The van der Waals surface area contributed by atoms with Gasteiger partial charge in [0.05, 0.1) is 5.56 Å². The van der Waals surface area contributed by atoms with Crippen LogP contribution in [-0.2, 0) is 11.0 Å². The highest BCUT2D eigenvalue weighted by Gasteiger charge is 2.34. The Morgan fingerprint density at radius 1 is 1.29 bits per heavy atom. The minimum atomic E-state index is -4.81. The monoisotopic (exact) mass is 306 g/mol. The number of rotatable bonds is 3. The van der Waals surface area contributed by atoms with Gasteiger partial charge in [-0.2, -0.15) is 13.2 Å². The molecule has 1 atom stereocenters. The average molecular weight is 306 g/mol. The van der Waals surface area contributed by atoms with Crippen LogP contribution in [0.25, 0.3) is 0 Å². The fourth-order valence-electron chi connectivity index (χ4n) is 1.54. The molecular weight excluding hydrogens is 288 g/mol. The van der Waals surface area contributed by atoms with Gasteiger partial charge in [0.15, 0.2) is 0 Å². The van der Waals surface area contributed by atoms with Crippen molar-refractivity contribution in [2.45, 2.75) is 39.4 Å². The Hall–Kier alpha value is -1.63. The molecule has 0 aromatic heterocycles. The van der Waals surface area contributed by atoms with Crippen molar-refractivity contribution in [2.24, 2.45) is 11.1 Å². The topological polar surface area (TPSA) is 55.1 Å². The molecule has 1 amide bonds. The summed E-state index contributed by atoms with van der Waals surface area (Å²) in [5, 5.41) is 2.30. The molecule has 3 nitrogen and oxygen atoms in total. The summed E-state index contributed by atoms with van der Waals surface area (Å²) in [5.41, 5.74) is 3.99. The molecule has 1 rings (SSSR count). The molecule has 0 heterocycles. The van der Waals surface area contributed by atoms with E-state index in [1.165, 1.54) is 0 Å². The summed E-state index contributed by atoms with van der Waals surface area (Å²) in [6.07, 6.45) is -4.85. The zero-order chi connectivity index (χ0) is 16.4. The maximum atomic E-state index is 13.1. The molecule has 0 radical (unpaired) electrons. The molecule has 0 aliphatic carbocycles. The van der Waals surface area contributed by atoms with Crippen LogP contribution < -0.4 is 11.1 Å². The van der Waals surface area contributed by atoms with Crippen LogP contribution in [0.15, 0.2) is 18.2 Å². The highest BCUT2D eigenvalue weighted by atomic mass is 19.4. The maximum absolute atomic E-state index is 13.1. The van der Waals surface area contributed by atoms with Crippen LogP contribution in [0, 0.1) is 11.2 Å². The largest absolute Gasteiger partial charge is 0.419 e. The fourth-order valence-corrected chi connectivity index (χ4v) is 1.54. The Labute approximate surface area is 120 Å². The maximum Gasteiger partial charge on any atom is 0.419 e. The molecule has 1 aromatic rings. The van der Waals surface area contributed by atoms with Crippen LogP contribution in [0.4, 0.5) is 23.2 Å². The van der Waals surface area contributed by atoms with Crippen molar-refractivity contribution in [3.8, 4) is 0 Å². The van der Waals surface area contributed by atoms with Crippen molar-refractivity contribution in [1.29, 1.82) is 0 Å². The predicted octanol–water partition coefficient (Wildman–Crippen LogP) is 3.55. The molecule has 0 spiro atoms. The van der Waals surface area contributed by atoms with Gasteiger partial charge in [0.2, 0.25) is 5.91 Å². The molecule has 0 aliphatic heterocycles. The van der Waals surface area contributed by atoms with Gasteiger partial charge >= 0.3 is 6.18 Å². The SMILES string of the molecule is CC(C)(C)C(N)CC(=O)Nc1ccc(F)c(C(F)(F)F)c1. The van der Waals surface area contributed by atoms with Crippen LogP contribution in [0.5, 0.6) is 0 Å². The normalized spacial score (nSPS) is 13.9. The summed E-state index contributed by atoms with van der Waals surface area (Å²) in [7, 11) is 0. The van der Waals surface area contributed by atoms with E-state index in [1.54, 1.807) is 0 Å². The van der Waals surface area contributed by atoms with Crippen LogP contribution in [0.3, 0.4) is 0 Å². The molecular formula is C14H18F4N2O. The lowest BCUT2D eigenvalue weighted by Crippen LogP contribution is -2.38.